The molecule has 1 saturated carbocycles. The number of sulfonamides is 1. The number of rotatable bonds is 9. The van der Waals surface area contributed by atoms with Gasteiger partial charge in [-0.15, -0.1) is 0 Å². The lowest BCUT2D eigenvalue weighted by Crippen LogP contribution is -2.42. The van der Waals surface area contributed by atoms with E-state index >= 15 is 0 Å². The molecule has 2 aliphatic carbocycles. The summed E-state index contributed by atoms with van der Waals surface area (Å²) in [5, 5.41) is 2.55. The van der Waals surface area contributed by atoms with E-state index in [9.17, 15) is 13.2 Å². The van der Waals surface area contributed by atoms with Crippen molar-refractivity contribution in [3.05, 3.63) is 84.2 Å². The smallest absolute Gasteiger partial charge is 0.238 e. The van der Waals surface area contributed by atoms with Gasteiger partial charge >= 0.3 is 0 Å². The second-order valence-corrected chi connectivity index (χ2v) is 11.9. The van der Waals surface area contributed by atoms with Crippen molar-refractivity contribution in [1.29, 1.82) is 0 Å². The molecule has 3 heterocycles. The van der Waals surface area contributed by atoms with Crippen molar-refractivity contribution in [2.45, 2.75) is 43.3 Å². The van der Waals surface area contributed by atoms with Crippen molar-refractivity contribution in [2.24, 2.45) is 0 Å². The minimum atomic E-state index is -3.52. The third-order valence-corrected chi connectivity index (χ3v) is 8.95. The van der Waals surface area contributed by atoms with Crippen LogP contribution in [0.2, 0.25) is 0 Å². The summed E-state index contributed by atoms with van der Waals surface area (Å²) < 4.78 is 33.1. The Balaban J connectivity index is 1.28. The SMILES string of the molecule is CCOc1cncc(-c2ccc(NC(=O)C3(c4cc(NS(=O)(=O)C5CC5)ncn4)Cc4ccccc4C3)nc2)n1. The van der Waals surface area contributed by atoms with Gasteiger partial charge in [0.15, 0.2) is 0 Å². The molecule has 12 heteroatoms. The molecule has 0 unspecified atom stereocenters. The number of pyridine rings is 1. The van der Waals surface area contributed by atoms with E-state index in [2.05, 4.69) is 35.0 Å². The van der Waals surface area contributed by atoms with Crippen molar-refractivity contribution in [2.75, 3.05) is 16.6 Å². The number of carbonyl (C=O) groups is 1. The van der Waals surface area contributed by atoms with Crippen LogP contribution in [0, 0.1) is 0 Å². The molecule has 0 saturated heterocycles. The van der Waals surface area contributed by atoms with Gasteiger partial charge in [-0.1, -0.05) is 24.3 Å². The first-order valence-electron chi connectivity index (χ1n) is 13.0. The standard InChI is InChI=1S/C28H27N7O4S/c1-2-39-26-16-29-15-22(33-26)20-7-10-24(30-14-20)34-27(36)28(12-18-5-3-4-6-19(18)13-28)23-11-25(32-17-31-23)35-40(37,38)21-8-9-21/h3-7,10-11,14-17,21H,2,8-9,12-13H2,1H3,(H,30,34,36)(H,31,32,35). The number of nitrogens with zero attached hydrogens (tertiary/aromatic N) is 5. The van der Waals surface area contributed by atoms with E-state index in [0.717, 1.165) is 16.7 Å². The van der Waals surface area contributed by atoms with Crippen LogP contribution in [0.15, 0.2) is 67.4 Å². The molecule has 0 spiro atoms. The van der Waals surface area contributed by atoms with Crippen LogP contribution >= 0.6 is 0 Å². The number of ether oxygens (including phenoxy) is 1. The summed E-state index contributed by atoms with van der Waals surface area (Å²) >= 11 is 0. The first-order chi connectivity index (χ1) is 19.4. The largest absolute Gasteiger partial charge is 0.477 e. The summed E-state index contributed by atoms with van der Waals surface area (Å²) in [5.74, 6) is 0.639. The highest BCUT2D eigenvalue weighted by atomic mass is 32.2. The van der Waals surface area contributed by atoms with E-state index in [-0.39, 0.29) is 11.7 Å². The summed E-state index contributed by atoms with van der Waals surface area (Å²) in [6.45, 7) is 2.35. The fraction of sp³-hybridized carbons (Fsp3) is 0.286. The normalized spacial score (nSPS) is 15.7. The fourth-order valence-electron chi connectivity index (χ4n) is 4.92. The van der Waals surface area contributed by atoms with Gasteiger partial charge in [0.2, 0.25) is 21.8 Å². The molecule has 1 fully saturated rings. The molecular formula is C28H27N7O4S. The van der Waals surface area contributed by atoms with Crippen molar-refractivity contribution >= 4 is 27.6 Å². The zero-order chi connectivity index (χ0) is 27.7. The van der Waals surface area contributed by atoms with Crippen LogP contribution in [0.25, 0.3) is 11.3 Å². The van der Waals surface area contributed by atoms with Crippen LogP contribution in [0.3, 0.4) is 0 Å². The Bertz CT molecular complexity index is 1650. The maximum absolute atomic E-state index is 14.0. The van der Waals surface area contributed by atoms with Crippen LogP contribution in [0.5, 0.6) is 5.88 Å². The molecule has 6 rings (SSSR count). The van der Waals surface area contributed by atoms with Crippen LogP contribution in [-0.2, 0) is 33.1 Å². The van der Waals surface area contributed by atoms with Gasteiger partial charge in [-0.25, -0.2) is 28.4 Å². The molecule has 40 heavy (non-hydrogen) atoms. The lowest BCUT2D eigenvalue weighted by Gasteiger charge is -2.27. The molecule has 204 valence electrons. The average Bonchev–Trinajstić information content (AvgIpc) is 3.75. The van der Waals surface area contributed by atoms with Gasteiger partial charge in [0.25, 0.3) is 0 Å². The lowest BCUT2D eigenvalue weighted by molar-refractivity contribution is -0.121. The zero-order valence-electron chi connectivity index (χ0n) is 21.7. The average molecular weight is 558 g/mol. The number of hydrogen-bond acceptors (Lipinski definition) is 9. The molecular weight excluding hydrogens is 530 g/mol. The van der Waals surface area contributed by atoms with Crippen LogP contribution < -0.4 is 14.8 Å². The van der Waals surface area contributed by atoms with Gasteiger partial charge in [0.05, 0.1) is 41.1 Å². The van der Waals surface area contributed by atoms with Crippen LogP contribution in [0.1, 0.15) is 36.6 Å². The number of hydrogen-bond donors (Lipinski definition) is 2. The third kappa shape index (κ3) is 5.09. The molecule has 0 aliphatic heterocycles. The van der Waals surface area contributed by atoms with Crippen LogP contribution in [-0.4, -0.2) is 51.1 Å². The molecule has 0 radical (unpaired) electrons. The van der Waals surface area contributed by atoms with Gasteiger partial charge in [0.1, 0.15) is 18.0 Å². The Morgan fingerprint density at radius 2 is 1.77 bits per heavy atom. The molecule has 1 amide bonds. The van der Waals surface area contributed by atoms with Gasteiger partial charge < -0.3 is 10.1 Å². The number of fused-ring (bicyclic) bond motifs is 1. The van der Waals surface area contributed by atoms with Gasteiger partial charge in [-0.3, -0.25) is 14.5 Å². The number of amides is 1. The maximum atomic E-state index is 14.0. The Labute approximate surface area is 231 Å². The minimum Gasteiger partial charge on any atom is -0.477 e. The minimum absolute atomic E-state index is 0.151. The summed E-state index contributed by atoms with van der Waals surface area (Å²) in [5.41, 5.74) is 2.74. The molecule has 1 aromatic carbocycles. The van der Waals surface area contributed by atoms with Gasteiger partial charge in [-0.05, 0) is 55.9 Å². The third-order valence-electron chi connectivity index (χ3n) is 7.11. The fourth-order valence-corrected chi connectivity index (χ4v) is 6.24. The van der Waals surface area contributed by atoms with E-state index < -0.39 is 20.7 Å². The van der Waals surface area contributed by atoms with Crippen molar-refractivity contribution in [3.8, 4) is 17.1 Å². The Hall–Kier alpha value is -4.45. The van der Waals surface area contributed by atoms with E-state index in [0.29, 0.717) is 55.4 Å². The molecule has 11 nitrogen and oxygen atoms in total. The van der Waals surface area contributed by atoms with Crippen molar-refractivity contribution in [1.82, 2.24) is 24.9 Å². The summed E-state index contributed by atoms with van der Waals surface area (Å²) in [4.78, 5) is 35.6. The second kappa shape index (κ2) is 10.3. The Kier molecular flexibility index (Phi) is 6.62. The second-order valence-electron chi connectivity index (χ2n) is 9.90. The van der Waals surface area contributed by atoms with E-state index in [1.165, 1.54) is 6.33 Å². The first kappa shape index (κ1) is 25.8. The Morgan fingerprint density at radius 3 is 2.45 bits per heavy atom. The Morgan fingerprint density at radius 1 is 1.00 bits per heavy atom. The number of nitrogens with one attached hydrogen (secondary N) is 2. The molecule has 3 aromatic heterocycles. The topological polar surface area (TPSA) is 149 Å². The molecule has 0 atom stereocenters. The van der Waals surface area contributed by atoms with Gasteiger partial charge in [-0.2, -0.15) is 0 Å². The summed E-state index contributed by atoms with van der Waals surface area (Å²) in [7, 11) is -3.52. The summed E-state index contributed by atoms with van der Waals surface area (Å²) in [6.07, 6.45) is 8.13. The van der Waals surface area contributed by atoms with Crippen molar-refractivity contribution in [3.63, 3.8) is 0 Å². The highest BCUT2D eigenvalue weighted by Gasteiger charge is 2.47. The molecule has 2 aliphatic rings. The first-order valence-corrected chi connectivity index (χ1v) is 14.5. The van der Waals surface area contributed by atoms with Crippen LogP contribution in [0.4, 0.5) is 11.6 Å². The molecule has 2 N–H and O–H groups in total. The van der Waals surface area contributed by atoms with E-state index in [4.69, 9.17) is 4.74 Å². The quantitative estimate of drug-likeness (QED) is 0.316. The highest BCUT2D eigenvalue weighted by Crippen LogP contribution is 2.41. The molecule has 4 aromatic rings. The summed E-state index contributed by atoms with van der Waals surface area (Å²) in [6, 6.07) is 12.9. The van der Waals surface area contributed by atoms with E-state index in [1.807, 2.05) is 31.2 Å². The number of benzene rings is 1. The predicted molar refractivity (Wildman–Crippen MR) is 148 cm³/mol. The lowest BCUT2D eigenvalue weighted by atomic mass is 9.80. The zero-order valence-corrected chi connectivity index (χ0v) is 22.6. The molecule has 0 bridgehead atoms. The van der Waals surface area contributed by atoms with E-state index in [1.54, 1.807) is 36.8 Å². The monoisotopic (exact) mass is 557 g/mol. The number of carbonyl (C=O) groups excluding carboxylic acids is 1. The highest BCUT2D eigenvalue weighted by molar-refractivity contribution is 7.93. The van der Waals surface area contributed by atoms with Gasteiger partial charge in [0, 0.05) is 17.8 Å². The van der Waals surface area contributed by atoms with Crippen molar-refractivity contribution < 1.29 is 17.9 Å². The number of aromatic nitrogens is 5. The number of anilines is 2. The predicted octanol–water partition coefficient (Wildman–Crippen LogP) is 3.31. The maximum Gasteiger partial charge on any atom is 0.238 e.